The predicted molar refractivity (Wildman–Crippen MR) is 48.7 cm³/mol. The van der Waals surface area contributed by atoms with E-state index < -0.39 is 0 Å². The lowest BCUT2D eigenvalue weighted by Crippen LogP contribution is -2.17. The van der Waals surface area contributed by atoms with E-state index in [4.69, 9.17) is 16.4 Å². The molecule has 0 saturated carbocycles. The molecule has 0 radical (unpaired) electrons. The first kappa shape index (κ1) is 11.0. The molecule has 2 nitrogen and oxygen atoms in total. The van der Waals surface area contributed by atoms with Crippen LogP contribution in [-0.2, 0) is 4.84 Å². The fourth-order valence-corrected chi connectivity index (χ4v) is 0.605. The summed E-state index contributed by atoms with van der Waals surface area (Å²) in [7, 11) is 0. The number of halogens is 1. The summed E-state index contributed by atoms with van der Waals surface area (Å²) in [6.45, 7) is 5.68. The molecule has 0 fully saturated rings. The smallest absolute Gasteiger partial charge is 0.0705 e. The Hall–Kier alpha value is -0.0500. The Balaban J connectivity index is 2.96. The van der Waals surface area contributed by atoms with E-state index >= 15 is 0 Å². The van der Waals surface area contributed by atoms with Crippen molar-refractivity contribution < 1.29 is 4.84 Å². The average molecular weight is 178 g/mol. The number of rotatable bonds is 6. The van der Waals surface area contributed by atoms with Crippen molar-refractivity contribution in [2.45, 2.75) is 13.8 Å². The van der Waals surface area contributed by atoms with Crippen molar-refractivity contribution >= 4 is 11.6 Å². The van der Waals surface area contributed by atoms with Gasteiger partial charge in [0.1, 0.15) is 0 Å². The largest absolute Gasteiger partial charge is 0.301 e. The number of hydrogen-bond donors (Lipinski definition) is 1. The minimum Gasteiger partial charge on any atom is -0.301 e. The second-order valence-electron chi connectivity index (χ2n) is 2.68. The monoisotopic (exact) mass is 177 g/mol. The van der Waals surface area contributed by atoms with E-state index in [9.17, 15) is 0 Å². The van der Waals surface area contributed by atoms with E-state index in [1.807, 2.05) is 12.2 Å². The molecule has 0 saturated heterocycles. The summed E-state index contributed by atoms with van der Waals surface area (Å²) in [5.41, 5.74) is 2.81. The van der Waals surface area contributed by atoms with Crippen LogP contribution in [0.3, 0.4) is 0 Å². The standard InChI is InChI=1S/C8H16ClNO/c1-8(2)7-11-10-6-4-3-5-9/h3-4,8,10H,5-7H2,1-2H3/b4-3+. The van der Waals surface area contributed by atoms with Crippen molar-refractivity contribution in [3.63, 3.8) is 0 Å². The molecule has 0 aromatic carbocycles. The number of hydroxylamine groups is 1. The van der Waals surface area contributed by atoms with Crippen LogP contribution in [-0.4, -0.2) is 19.0 Å². The third-order valence-electron chi connectivity index (χ3n) is 0.976. The van der Waals surface area contributed by atoms with Gasteiger partial charge in [0.05, 0.1) is 6.61 Å². The molecule has 0 aliphatic rings. The third kappa shape index (κ3) is 9.95. The Morgan fingerprint density at radius 2 is 2.18 bits per heavy atom. The summed E-state index contributed by atoms with van der Waals surface area (Å²) in [6.07, 6.45) is 3.82. The maximum Gasteiger partial charge on any atom is 0.0705 e. The van der Waals surface area contributed by atoms with Crippen LogP contribution in [0.5, 0.6) is 0 Å². The Morgan fingerprint density at radius 1 is 1.45 bits per heavy atom. The molecule has 3 heteroatoms. The molecule has 0 rings (SSSR count). The maximum absolute atomic E-state index is 5.41. The van der Waals surface area contributed by atoms with Crippen molar-refractivity contribution in [3.05, 3.63) is 12.2 Å². The van der Waals surface area contributed by atoms with Crippen LogP contribution in [0.2, 0.25) is 0 Å². The van der Waals surface area contributed by atoms with Crippen molar-refractivity contribution in [3.8, 4) is 0 Å². The molecule has 0 spiro atoms. The summed E-state index contributed by atoms with van der Waals surface area (Å²) in [4.78, 5) is 5.10. The summed E-state index contributed by atoms with van der Waals surface area (Å²) in [5, 5.41) is 0. The van der Waals surface area contributed by atoms with Crippen LogP contribution in [0.25, 0.3) is 0 Å². The van der Waals surface area contributed by atoms with Gasteiger partial charge in [-0.05, 0) is 5.92 Å². The Bertz CT molecular complexity index is 104. The van der Waals surface area contributed by atoms with Crippen molar-refractivity contribution in [1.82, 2.24) is 5.48 Å². The third-order valence-corrected chi connectivity index (χ3v) is 1.15. The highest BCUT2D eigenvalue weighted by atomic mass is 35.5. The van der Waals surface area contributed by atoms with Crippen molar-refractivity contribution in [1.29, 1.82) is 0 Å². The zero-order chi connectivity index (χ0) is 8.53. The van der Waals surface area contributed by atoms with Crippen LogP contribution < -0.4 is 5.48 Å². The Labute approximate surface area is 73.5 Å². The molecule has 0 aromatic heterocycles. The van der Waals surface area contributed by atoms with Gasteiger partial charge < -0.3 is 4.84 Å². The first-order valence-corrected chi connectivity index (χ1v) is 4.36. The fraction of sp³-hybridized carbons (Fsp3) is 0.750. The molecule has 66 valence electrons. The molecular formula is C8H16ClNO. The fourth-order valence-electron chi connectivity index (χ4n) is 0.479. The quantitative estimate of drug-likeness (QED) is 0.290. The number of alkyl halides is 1. The van der Waals surface area contributed by atoms with E-state index in [0.717, 1.165) is 13.2 Å². The van der Waals surface area contributed by atoms with Gasteiger partial charge in [0.15, 0.2) is 0 Å². The first-order valence-electron chi connectivity index (χ1n) is 3.83. The van der Waals surface area contributed by atoms with Gasteiger partial charge in [0.2, 0.25) is 0 Å². The summed E-state index contributed by atoms with van der Waals surface area (Å²) < 4.78 is 0. The Morgan fingerprint density at radius 3 is 2.73 bits per heavy atom. The van der Waals surface area contributed by atoms with Gasteiger partial charge in [0, 0.05) is 12.4 Å². The predicted octanol–water partition coefficient (Wildman–Crippen LogP) is 1.96. The zero-order valence-electron chi connectivity index (χ0n) is 7.14. The van der Waals surface area contributed by atoms with E-state index in [1.54, 1.807) is 0 Å². The molecule has 0 bridgehead atoms. The lowest BCUT2D eigenvalue weighted by molar-refractivity contribution is 0.0306. The SMILES string of the molecule is CC(C)CONC/C=C/CCl. The van der Waals surface area contributed by atoms with Gasteiger partial charge in [-0.3, -0.25) is 0 Å². The van der Waals surface area contributed by atoms with Crippen molar-refractivity contribution in [2.75, 3.05) is 19.0 Å². The van der Waals surface area contributed by atoms with Gasteiger partial charge in [-0.15, -0.1) is 11.6 Å². The highest BCUT2D eigenvalue weighted by molar-refractivity contribution is 6.18. The molecule has 1 N–H and O–H groups in total. The molecule has 0 aromatic rings. The van der Waals surface area contributed by atoms with Crippen molar-refractivity contribution in [2.24, 2.45) is 5.92 Å². The van der Waals surface area contributed by atoms with Gasteiger partial charge in [0.25, 0.3) is 0 Å². The van der Waals surface area contributed by atoms with Crippen LogP contribution >= 0.6 is 11.6 Å². The van der Waals surface area contributed by atoms with Crippen LogP contribution in [0, 0.1) is 5.92 Å². The molecule has 0 unspecified atom stereocenters. The molecular weight excluding hydrogens is 162 g/mol. The topological polar surface area (TPSA) is 21.3 Å². The lowest BCUT2D eigenvalue weighted by atomic mass is 10.2. The molecule has 11 heavy (non-hydrogen) atoms. The van der Waals surface area contributed by atoms with Gasteiger partial charge in [-0.1, -0.05) is 26.0 Å². The minimum absolute atomic E-state index is 0.561. The van der Waals surface area contributed by atoms with E-state index in [1.165, 1.54) is 0 Å². The Kier molecular flexibility index (Phi) is 8.01. The van der Waals surface area contributed by atoms with Crippen LogP contribution in [0.15, 0.2) is 12.2 Å². The summed E-state index contributed by atoms with van der Waals surface area (Å²) >= 11 is 5.41. The van der Waals surface area contributed by atoms with Gasteiger partial charge >= 0.3 is 0 Å². The molecule has 0 amide bonds. The molecule has 0 aliphatic carbocycles. The second-order valence-corrected chi connectivity index (χ2v) is 2.99. The van der Waals surface area contributed by atoms with E-state index in [2.05, 4.69) is 19.3 Å². The van der Waals surface area contributed by atoms with E-state index in [-0.39, 0.29) is 0 Å². The normalized spacial score (nSPS) is 11.6. The van der Waals surface area contributed by atoms with Gasteiger partial charge in [-0.2, -0.15) is 5.48 Å². The number of nitrogens with one attached hydrogen (secondary N) is 1. The molecule has 0 aliphatic heterocycles. The van der Waals surface area contributed by atoms with E-state index in [0.29, 0.717) is 11.8 Å². The molecule has 0 atom stereocenters. The van der Waals surface area contributed by atoms with Crippen LogP contribution in [0.1, 0.15) is 13.8 Å². The lowest BCUT2D eigenvalue weighted by Gasteiger charge is -2.04. The maximum atomic E-state index is 5.41. The second kappa shape index (κ2) is 8.05. The van der Waals surface area contributed by atoms with Gasteiger partial charge in [-0.25, -0.2) is 0 Å². The number of hydrogen-bond acceptors (Lipinski definition) is 2. The molecule has 0 heterocycles. The number of allylic oxidation sites excluding steroid dienone is 1. The minimum atomic E-state index is 0.561. The highest BCUT2D eigenvalue weighted by Gasteiger charge is 1.90. The van der Waals surface area contributed by atoms with Crippen LogP contribution in [0.4, 0.5) is 0 Å². The summed E-state index contributed by atoms with van der Waals surface area (Å²) in [6, 6.07) is 0. The highest BCUT2D eigenvalue weighted by Crippen LogP contribution is 1.89. The first-order chi connectivity index (χ1) is 5.27. The summed E-state index contributed by atoms with van der Waals surface area (Å²) in [5.74, 6) is 1.13. The zero-order valence-corrected chi connectivity index (χ0v) is 7.90. The average Bonchev–Trinajstić information content (AvgIpc) is 1.96.